The number of fused-ring (bicyclic) bond motifs is 4. The molecule has 0 aliphatic carbocycles. The van der Waals surface area contributed by atoms with E-state index in [-0.39, 0.29) is 22.4 Å². The molecule has 3 aromatic rings. The molecule has 1 unspecified atom stereocenters. The maximum atomic E-state index is 14.6. The zero-order valence-corrected chi connectivity index (χ0v) is 22.8. The van der Waals surface area contributed by atoms with E-state index in [9.17, 15) is 18.8 Å². The molecule has 1 saturated heterocycles. The normalized spacial score (nSPS) is 21.3. The number of imidazole rings is 1. The molecule has 3 N–H and O–H groups in total. The van der Waals surface area contributed by atoms with Crippen molar-refractivity contribution in [3.63, 3.8) is 0 Å². The van der Waals surface area contributed by atoms with E-state index < -0.39 is 30.1 Å². The van der Waals surface area contributed by atoms with E-state index in [0.717, 1.165) is 0 Å². The van der Waals surface area contributed by atoms with Crippen LogP contribution in [0.5, 0.6) is 0 Å². The number of nitrogens with one attached hydrogen (secondary N) is 3. The molecule has 0 spiro atoms. The molecule has 12 heteroatoms. The number of hydrogen-bond donors (Lipinski definition) is 3. The quantitative estimate of drug-likeness (QED) is 0.334. The van der Waals surface area contributed by atoms with E-state index in [1.54, 1.807) is 41.4 Å². The Labute approximate surface area is 235 Å². The summed E-state index contributed by atoms with van der Waals surface area (Å²) < 4.78 is 25.0. The maximum Gasteiger partial charge on any atom is 0.411 e. The molecule has 2 aromatic carbocycles. The van der Waals surface area contributed by atoms with Gasteiger partial charge in [-0.05, 0) is 37.1 Å². The summed E-state index contributed by atoms with van der Waals surface area (Å²) in [6.45, 7) is 2.17. The van der Waals surface area contributed by atoms with Crippen LogP contribution in [0, 0.1) is 11.7 Å². The number of methoxy groups -OCH3 is 1. The van der Waals surface area contributed by atoms with Gasteiger partial charge >= 0.3 is 12.2 Å². The topological polar surface area (TPSA) is 126 Å². The second kappa shape index (κ2) is 11.5. The van der Waals surface area contributed by atoms with Gasteiger partial charge in [0, 0.05) is 41.9 Å². The fourth-order valence-electron chi connectivity index (χ4n) is 5.07. The summed E-state index contributed by atoms with van der Waals surface area (Å²) in [4.78, 5) is 47.6. The molecule has 5 rings (SSSR count). The second-order valence-corrected chi connectivity index (χ2v) is 10.3. The maximum absolute atomic E-state index is 14.6. The Morgan fingerprint density at radius 3 is 2.83 bits per heavy atom. The number of carbonyl (C=O) groups excluding carboxylic acids is 3. The van der Waals surface area contributed by atoms with E-state index in [2.05, 4.69) is 20.4 Å². The van der Waals surface area contributed by atoms with E-state index in [4.69, 9.17) is 21.3 Å². The van der Waals surface area contributed by atoms with Crippen LogP contribution in [0.15, 0.2) is 42.6 Å². The molecule has 2 aliphatic rings. The van der Waals surface area contributed by atoms with Crippen LogP contribution >= 0.6 is 11.6 Å². The minimum Gasteiger partial charge on any atom is -0.453 e. The lowest BCUT2D eigenvalue weighted by molar-refractivity contribution is -0.119. The SMILES string of the molecule is COC(=O)Nc1ccc2c(c1)NC(=O)[C@H](C)CCC[C@H](N1CCC(c3cccc(Cl)c3F)OC1=O)c1nc-2c[nH]1. The summed E-state index contributed by atoms with van der Waals surface area (Å²) in [6.07, 6.45) is 1.90. The highest BCUT2D eigenvalue weighted by molar-refractivity contribution is 6.30. The predicted octanol–water partition coefficient (Wildman–Crippen LogP) is 6.43. The first-order valence-electron chi connectivity index (χ1n) is 13.0. The van der Waals surface area contributed by atoms with Crippen LogP contribution < -0.4 is 10.6 Å². The van der Waals surface area contributed by atoms with E-state index in [1.165, 1.54) is 13.2 Å². The molecule has 3 amide bonds. The molecule has 2 bridgehead atoms. The Morgan fingerprint density at radius 2 is 2.05 bits per heavy atom. The van der Waals surface area contributed by atoms with Crippen LogP contribution in [0.2, 0.25) is 5.02 Å². The lowest BCUT2D eigenvalue weighted by Gasteiger charge is -2.36. The molecule has 40 heavy (non-hydrogen) atoms. The average molecular weight is 570 g/mol. The number of anilines is 2. The third kappa shape index (κ3) is 5.60. The average Bonchev–Trinajstić information content (AvgIpc) is 3.42. The molecule has 1 aromatic heterocycles. The molecule has 1 fully saturated rings. The number of halogens is 2. The van der Waals surface area contributed by atoms with Gasteiger partial charge in [-0.15, -0.1) is 0 Å². The van der Waals surface area contributed by atoms with Crippen LogP contribution in [0.25, 0.3) is 11.3 Å². The summed E-state index contributed by atoms with van der Waals surface area (Å²) in [5, 5.41) is 5.54. The first-order valence-corrected chi connectivity index (χ1v) is 13.4. The van der Waals surface area contributed by atoms with Crippen molar-refractivity contribution in [3.05, 3.63) is 64.8 Å². The van der Waals surface area contributed by atoms with Crippen molar-refractivity contribution < 1.29 is 28.2 Å². The van der Waals surface area contributed by atoms with Gasteiger partial charge < -0.3 is 19.8 Å². The Hall–Kier alpha value is -4.12. The minimum absolute atomic E-state index is 0.0231. The summed E-state index contributed by atoms with van der Waals surface area (Å²) in [5.41, 5.74) is 2.36. The number of ether oxygens (including phenoxy) is 2. The smallest absolute Gasteiger partial charge is 0.411 e. The van der Waals surface area contributed by atoms with E-state index in [0.29, 0.717) is 60.7 Å². The van der Waals surface area contributed by atoms with Crippen molar-refractivity contribution in [2.45, 2.75) is 44.8 Å². The van der Waals surface area contributed by atoms with Crippen LogP contribution in [0.1, 0.15) is 56.1 Å². The van der Waals surface area contributed by atoms with Gasteiger partial charge in [0.25, 0.3) is 0 Å². The predicted molar refractivity (Wildman–Crippen MR) is 146 cm³/mol. The Balaban J connectivity index is 1.44. The van der Waals surface area contributed by atoms with Crippen LogP contribution in [0.3, 0.4) is 0 Å². The number of carbonyl (C=O) groups is 3. The highest BCUT2D eigenvalue weighted by Crippen LogP contribution is 2.38. The number of aromatic amines is 1. The molecule has 2 aliphatic heterocycles. The van der Waals surface area contributed by atoms with Gasteiger partial charge in [0.15, 0.2) is 0 Å². The summed E-state index contributed by atoms with van der Waals surface area (Å²) >= 11 is 5.94. The molecule has 0 radical (unpaired) electrons. The lowest BCUT2D eigenvalue weighted by Crippen LogP contribution is -2.42. The molecule has 0 saturated carbocycles. The molecular weight excluding hydrogens is 541 g/mol. The van der Waals surface area contributed by atoms with Gasteiger partial charge in [0.1, 0.15) is 17.7 Å². The third-order valence-corrected chi connectivity index (χ3v) is 7.57. The number of aromatic nitrogens is 2. The number of H-pyrrole nitrogens is 1. The van der Waals surface area contributed by atoms with E-state index >= 15 is 0 Å². The minimum atomic E-state index is -0.746. The van der Waals surface area contributed by atoms with Crippen LogP contribution in [-0.2, 0) is 14.3 Å². The molecular formula is C28H29ClFN5O5. The highest BCUT2D eigenvalue weighted by atomic mass is 35.5. The zero-order valence-electron chi connectivity index (χ0n) is 22.0. The third-order valence-electron chi connectivity index (χ3n) is 7.28. The molecule has 10 nitrogen and oxygen atoms in total. The zero-order chi connectivity index (χ0) is 28.4. The van der Waals surface area contributed by atoms with Crippen molar-refractivity contribution in [1.29, 1.82) is 0 Å². The number of amides is 3. The first-order chi connectivity index (χ1) is 19.2. The molecule has 3 heterocycles. The molecule has 3 atom stereocenters. The fourth-order valence-corrected chi connectivity index (χ4v) is 5.26. The first kappa shape index (κ1) is 27.4. The largest absolute Gasteiger partial charge is 0.453 e. The lowest BCUT2D eigenvalue weighted by atomic mass is 9.98. The second-order valence-electron chi connectivity index (χ2n) is 9.88. The highest BCUT2D eigenvalue weighted by Gasteiger charge is 2.36. The van der Waals surface area contributed by atoms with Gasteiger partial charge in [-0.3, -0.25) is 15.0 Å². The van der Waals surface area contributed by atoms with Crippen LogP contribution in [-0.4, -0.2) is 46.6 Å². The Bertz CT molecular complexity index is 1450. The van der Waals surface area contributed by atoms with Crippen molar-refractivity contribution in [3.8, 4) is 11.3 Å². The van der Waals surface area contributed by atoms with Crippen molar-refractivity contribution in [2.75, 3.05) is 24.3 Å². The number of cyclic esters (lactones) is 1. The van der Waals surface area contributed by atoms with Gasteiger partial charge in [0.2, 0.25) is 5.91 Å². The number of benzene rings is 2. The number of hydrogen-bond acceptors (Lipinski definition) is 6. The van der Waals surface area contributed by atoms with Crippen molar-refractivity contribution in [1.82, 2.24) is 14.9 Å². The van der Waals surface area contributed by atoms with Crippen molar-refractivity contribution in [2.24, 2.45) is 5.92 Å². The monoisotopic (exact) mass is 569 g/mol. The van der Waals surface area contributed by atoms with Crippen LogP contribution in [0.4, 0.5) is 25.4 Å². The summed E-state index contributed by atoms with van der Waals surface area (Å²) in [7, 11) is 1.27. The standard InChI is InChI=1S/C28H29ClFN5O5/c1-15-5-3-8-22(35-12-11-23(40-28(35)38)18-6-4-7-19(29)24(18)30)25-31-14-21(33-25)17-10-9-16(32-27(37)39-2)13-20(17)34-26(15)36/h4,6-7,9-10,13-15,22-23H,3,5,8,11-12H2,1-2H3,(H,31,33)(H,32,37)(H,34,36)/t15-,22+,23?/m1/s1. The summed E-state index contributed by atoms with van der Waals surface area (Å²) in [6, 6.07) is 9.27. The Kier molecular flexibility index (Phi) is 7.92. The van der Waals surface area contributed by atoms with Gasteiger partial charge in [0.05, 0.1) is 29.6 Å². The summed E-state index contributed by atoms with van der Waals surface area (Å²) in [5.74, 6) is -0.502. The fraction of sp³-hybridized carbons (Fsp3) is 0.357. The van der Waals surface area contributed by atoms with E-state index in [1.807, 2.05) is 6.92 Å². The Morgan fingerprint density at radius 1 is 1.23 bits per heavy atom. The number of nitrogens with zero attached hydrogens (tertiary/aromatic N) is 2. The van der Waals surface area contributed by atoms with Gasteiger partial charge in [-0.25, -0.2) is 19.0 Å². The number of rotatable bonds is 3. The van der Waals surface area contributed by atoms with Gasteiger partial charge in [-0.1, -0.05) is 37.1 Å². The van der Waals surface area contributed by atoms with Gasteiger partial charge in [-0.2, -0.15) is 0 Å². The van der Waals surface area contributed by atoms with Crippen molar-refractivity contribution >= 4 is 41.1 Å². The molecule has 210 valence electrons.